The van der Waals surface area contributed by atoms with E-state index in [1.807, 2.05) is 0 Å². The Kier molecular flexibility index (Phi) is 47.2. The number of aliphatic hydroxyl groups is 3. The minimum absolute atomic E-state index is 0. The number of rotatable bonds is 2. The molecule has 0 saturated heterocycles. The summed E-state index contributed by atoms with van der Waals surface area (Å²) in [6.45, 7) is 4.05. The molecule has 0 aliphatic heterocycles. The number of carbonyl (C=O) groups excluding carboxylic acids is 1. The van der Waals surface area contributed by atoms with Crippen molar-refractivity contribution in [2.24, 2.45) is 5.73 Å². The fraction of sp³-hybridized carbons (Fsp3) is 0.385. The molecule has 10 N–H and O–H groups in total. The number of hydrogen-bond donors (Lipinski definition) is 7. The second kappa shape index (κ2) is 31.9. The largest absolute Gasteiger partial charge is 0.400 e. The predicted octanol–water partition coefficient (Wildman–Crippen LogP) is -0.447. The van der Waals surface area contributed by atoms with E-state index in [1.165, 1.54) is 0 Å². The molecule has 130 valence electrons. The molecule has 1 aromatic carbocycles. The topological polar surface area (TPSA) is 168 Å². The summed E-state index contributed by atoms with van der Waals surface area (Å²) in [5.41, 5.74) is 16.9. The summed E-state index contributed by atoms with van der Waals surface area (Å²) in [4.78, 5) is 9.84. The smallest absolute Gasteiger partial charge is 0.312 e. The summed E-state index contributed by atoms with van der Waals surface area (Å²) in [6.07, 6.45) is 0.683. The minimum Gasteiger partial charge on any atom is -0.400 e. The van der Waals surface area contributed by atoms with Gasteiger partial charge in [0.25, 0.3) is 0 Å². The summed E-state index contributed by atoms with van der Waals surface area (Å²) in [5, 5.41) is 23.4. The summed E-state index contributed by atoms with van der Waals surface area (Å²) >= 11 is 0. The first-order chi connectivity index (χ1) is 10.1. The van der Waals surface area contributed by atoms with Gasteiger partial charge in [-0.3, -0.25) is 0 Å². The number of primary amides is 1. The first kappa shape index (κ1) is 32.6. The van der Waals surface area contributed by atoms with E-state index in [2.05, 4.69) is 12.2 Å². The zero-order chi connectivity index (χ0) is 17.7. The summed E-state index contributed by atoms with van der Waals surface area (Å²) in [7, 11) is 3.00. The maximum Gasteiger partial charge on any atom is 0.312 e. The van der Waals surface area contributed by atoms with Crippen molar-refractivity contribution in [1.82, 2.24) is 5.32 Å². The number of carbonyl (C=O) groups is 1. The van der Waals surface area contributed by atoms with E-state index in [0.29, 0.717) is 13.0 Å². The summed E-state index contributed by atoms with van der Waals surface area (Å²) < 4.78 is 0. The van der Waals surface area contributed by atoms with Crippen LogP contribution in [-0.2, 0) is 21.7 Å². The molecule has 0 unspecified atom stereocenters. The van der Waals surface area contributed by atoms with E-state index >= 15 is 0 Å². The van der Waals surface area contributed by atoms with E-state index in [9.17, 15) is 4.79 Å². The molecule has 0 bridgehead atoms. The zero-order valence-electron chi connectivity index (χ0n) is 13.4. The van der Waals surface area contributed by atoms with Crippen LogP contribution >= 0.6 is 0 Å². The van der Waals surface area contributed by atoms with Crippen molar-refractivity contribution in [1.29, 1.82) is 0 Å². The van der Waals surface area contributed by atoms with E-state index in [-0.39, 0.29) is 21.7 Å². The van der Waals surface area contributed by atoms with Crippen LogP contribution in [0.5, 0.6) is 0 Å². The number of nitrogen functional groups attached to an aromatic ring is 2. The number of urea groups is 1. The van der Waals surface area contributed by atoms with Crippen molar-refractivity contribution in [2.75, 3.05) is 39.3 Å². The van der Waals surface area contributed by atoms with Crippen molar-refractivity contribution in [2.45, 2.75) is 6.42 Å². The molecular weight excluding hydrogens is 324 g/mol. The number of hydrogen-bond acceptors (Lipinski definition) is 6. The Hall–Kier alpha value is -1.32. The van der Waals surface area contributed by atoms with Crippen LogP contribution in [-0.4, -0.2) is 49.2 Å². The Balaban J connectivity index is -0.0000000635. The maximum atomic E-state index is 9.84. The molecule has 22 heavy (non-hydrogen) atoms. The van der Waals surface area contributed by atoms with Gasteiger partial charge in [0, 0.05) is 54.4 Å². The van der Waals surface area contributed by atoms with Gasteiger partial charge in [0.1, 0.15) is 0 Å². The van der Waals surface area contributed by atoms with Gasteiger partial charge in [-0.2, -0.15) is 6.42 Å². The fourth-order valence-electron chi connectivity index (χ4n) is 0.708. The van der Waals surface area contributed by atoms with Crippen LogP contribution in [0.2, 0.25) is 0 Å². The number of benzene rings is 1. The second-order valence-corrected chi connectivity index (χ2v) is 2.81. The molecule has 0 spiro atoms. The van der Waals surface area contributed by atoms with Crippen LogP contribution in [0, 0.1) is 6.92 Å². The van der Waals surface area contributed by atoms with E-state index in [1.54, 1.807) is 24.3 Å². The number of aliphatic hydroxyl groups excluding tert-OH is 3. The predicted molar refractivity (Wildman–Crippen MR) is 87.3 cm³/mol. The van der Waals surface area contributed by atoms with Gasteiger partial charge >= 0.3 is 6.03 Å². The SMILES string of the molecule is CO.CO.CO.Nc1ccc(N)cc1.[CH2-]CCNC(N)=O.[Ti]. The molecular formula is C13H29N4O4Ti-. The molecule has 8 nitrogen and oxygen atoms in total. The van der Waals surface area contributed by atoms with Crippen molar-refractivity contribution in [3.05, 3.63) is 31.2 Å². The minimum atomic E-state index is -0.483. The number of nitrogens with one attached hydrogen (secondary N) is 1. The Labute approximate surface area is 147 Å². The molecule has 0 radical (unpaired) electrons. The quantitative estimate of drug-likeness (QED) is 0.216. The summed E-state index contributed by atoms with van der Waals surface area (Å²) in [5.74, 6) is 0. The molecule has 1 aromatic rings. The molecule has 0 saturated carbocycles. The van der Waals surface area contributed by atoms with E-state index < -0.39 is 6.03 Å². The number of anilines is 2. The van der Waals surface area contributed by atoms with Gasteiger partial charge in [0.15, 0.2) is 0 Å². The fourth-order valence-corrected chi connectivity index (χ4v) is 0.708. The van der Waals surface area contributed by atoms with Gasteiger partial charge in [0.2, 0.25) is 0 Å². The summed E-state index contributed by atoms with van der Waals surface area (Å²) in [6, 6.07) is 6.61. The van der Waals surface area contributed by atoms with Crippen LogP contribution in [0.15, 0.2) is 24.3 Å². The Bertz CT molecular complexity index is 280. The zero-order valence-corrected chi connectivity index (χ0v) is 15.0. The molecule has 0 aromatic heterocycles. The van der Waals surface area contributed by atoms with Crippen molar-refractivity contribution >= 4 is 17.4 Å². The first-order valence-corrected chi connectivity index (χ1v) is 5.84. The normalized spacial score (nSPS) is 6.68. The molecule has 0 heterocycles. The van der Waals surface area contributed by atoms with Gasteiger partial charge in [-0.15, -0.1) is 0 Å². The van der Waals surface area contributed by atoms with Crippen LogP contribution in [0.25, 0.3) is 0 Å². The van der Waals surface area contributed by atoms with Crippen molar-refractivity contribution in [3.63, 3.8) is 0 Å². The van der Waals surface area contributed by atoms with Gasteiger partial charge < -0.3 is 44.8 Å². The molecule has 0 aliphatic carbocycles. The third-order valence-electron chi connectivity index (χ3n) is 1.41. The Morgan fingerprint density at radius 3 is 1.41 bits per heavy atom. The number of amides is 2. The van der Waals surface area contributed by atoms with Crippen LogP contribution < -0.4 is 22.5 Å². The van der Waals surface area contributed by atoms with Gasteiger partial charge in [0.05, 0.1) is 0 Å². The molecule has 9 heteroatoms. The molecule has 0 aliphatic rings. The third kappa shape index (κ3) is 36.3. The average Bonchev–Trinajstić information content (AvgIpc) is 2.54. The second-order valence-electron chi connectivity index (χ2n) is 2.81. The van der Waals surface area contributed by atoms with Crippen molar-refractivity contribution in [3.8, 4) is 0 Å². The molecule has 1 rings (SSSR count). The first-order valence-electron chi connectivity index (χ1n) is 5.84. The van der Waals surface area contributed by atoms with Gasteiger partial charge in [-0.25, -0.2) is 4.79 Å². The Morgan fingerprint density at radius 2 is 1.27 bits per heavy atom. The van der Waals surface area contributed by atoms with Crippen LogP contribution in [0.3, 0.4) is 0 Å². The number of nitrogens with two attached hydrogens (primary N) is 3. The Morgan fingerprint density at radius 1 is 1.00 bits per heavy atom. The maximum absolute atomic E-state index is 9.84. The average molecular weight is 353 g/mol. The van der Waals surface area contributed by atoms with Crippen molar-refractivity contribution < 1.29 is 41.8 Å². The van der Waals surface area contributed by atoms with Gasteiger partial charge in [-0.05, 0) is 30.8 Å². The molecule has 0 atom stereocenters. The van der Waals surface area contributed by atoms with Crippen LogP contribution in [0.1, 0.15) is 6.42 Å². The molecule has 0 fully saturated rings. The standard InChI is InChI=1S/C6H8N2.C4H9N2O.3CH4O.Ti/c7-5-1-2-6(8)4-3-5;1-2-3-6-4(5)7;3*1-2;/h1-4H,7-8H2;1-3H2,(H3,5,6,7);3*2H,1H3;/q;-1;;;;. The monoisotopic (exact) mass is 353 g/mol. The van der Waals surface area contributed by atoms with E-state index in [0.717, 1.165) is 32.7 Å². The van der Waals surface area contributed by atoms with E-state index in [4.69, 9.17) is 32.5 Å². The van der Waals surface area contributed by atoms with Crippen LogP contribution in [0.4, 0.5) is 16.2 Å². The molecule has 2 amide bonds. The van der Waals surface area contributed by atoms with Gasteiger partial charge in [-0.1, -0.05) is 0 Å². The third-order valence-corrected chi connectivity index (χ3v) is 1.41.